The average molecular weight is 283 g/mol. The van der Waals surface area contributed by atoms with E-state index in [0.29, 0.717) is 22.7 Å². The Balaban J connectivity index is 2.18. The number of oxazole rings is 1. The monoisotopic (exact) mass is 282 g/mol. The van der Waals surface area contributed by atoms with Crippen molar-refractivity contribution in [1.29, 1.82) is 0 Å². The summed E-state index contributed by atoms with van der Waals surface area (Å²) in [7, 11) is 0. The van der Waals surface area contributed by atoms with Crippen LogP contribution in [0, 0.1) is 0 Å². The molecule has 0 aliphatic carbocycles. The summed E-state index contributed by atoms with van der Waals surface area (Å²) < 4.78 is 6.35. The van der Waals surface area contributed by atoms with Crippen LogP contribution in [0.3, 0.4) is 0 Å². The molecule has 2 aromatic rings. The van der Waals surface area contributed by atoms with Crippen LogP contribution in [0.1, 0.15) is 19.8 Å². The largest absolute Gasteiger partial charge is 0.420 e. The smallest absolute Gasteiger partial charge is 0.408 e. The topological polar surface area (TPSA) is 64.2 Å². The summed E-state index contributed by atoms with van der Waals surface area (Å²) in [6.07, 6.45) is 1.93. The van der Waals surface area contributed by atoms with E-state index in [-0.39, 0.29) is 12.5 Å². The van der Waals surface area contributed by atoms with E-state index in [0.717, 1.165) is 12.8 Å². The molecule has 0 fully saturated rings. The molecule has 0 unspecified atom stereocenters. The van der Waals surface area contributed by atoms with Crippen molar-refractivity contribution < 1.29 is 9.21 Å². The first-order chi connectivity index (χ1) is 9.11. The second-order valence-electron chi connectivity index (χ2n) is 4.27. The number of halogens is 1. The van der Waals surface area contributed by atoms with Crippen molar-refractivity contribution in [3.05, 3.63) is 33.8 Å². The molecule has 5 nitrogen and oxygen atoms in total. The van der Waals surface area contributed by atoms with Crippen LogP contribution in [0.25, 0.3) is 11.1 Å². The van der Waals surface area contributed by atoms with Gasteiger partial charge in [0.1, 0.15) is 6.54 Å². The Kier molecular flexibility index (Phi) is 4.27. The Morgan fingerprint density at radius 1 is 1.47 bits per heavy atom. The van der Waals surface area contributed by atoms with Crippen molar-refractivity contribution in [1.82, 2.24) is 9.88 Å². The molecule has 0 saturated heterocycles. The molecule has 0 aliphatic rings. The zero-order valence-electron chi connectivity index (χ0n) is 10.6. The molecule has 6 heteroatoms. The third kappa shape index (κ3) is 3.17. The number of aromatic nitrogens is 1. The van der Waals surface area contributed by atoms with Crippen molar-refractivity contribution in [3.63, 3.8) is 0 Å². The number of hydrogen-bond acceptors (Lipinski definition) is 3. The average Bonchev–Trinajstić information content (AvgIpc) is 2.65. The van der Waals surface area contributed by atoms with E-state index in [2.05, 4.69) is 5.32 Å². The molecule has 1 heterocycles. The van der Waals surface area contributed by atoms with Gasteiger partial charge in [-0.05, 0) is 18.6 Å². The first kappa shape index (κ1) is 13.7. The maximum Gasteiger partial charge on any atom is 0.420 e. The molecule has 1 amide bonds. The predicted octanol–water partition coefficient (Wildman–Crippen LogP) is 2.16. The molecule has 0 spiro atoms. The summed E-state index contributed by atoms with van der Waals surface area (Å²) in [5.41, 5.74) is 0.957. The molecule has 0 radical (unpaired) electrons. The van der Waals surface area contributed by atoms with E-state index in [1.807, 2.05) is 6.92 Å². The van der Waals surface area contributed by atoms with Gasteiger partial charge < -0.3 is 9.73 Å². The number of hydrogen-bond donors (Lipinski definition) is 1. The van der Waals surface area contributed by atoms with Crippen LogP contribution in [0.15, 0.2) is 27.4 Å². The van der Waals surface area contributed by atoms with E-state index in [1.165, 1.54) is 4.57 Å². The lowest BCUT2D eigenvalue weighted by Crippen LogP contribution is -2.31. The number of amides is 1. The second-order valence-corrected chi connectivity index (χ2v) is 4.71. The molecule has 1 aromatic carbocycles. The van der Waals surface area contributed by atoms with Crippen molar-refractivity contribution in [2.75, 3.05) is 6.54 Å². The van der Waals surface area contributed by atoms with Crippen LogP contribution in [0.5, 0.6) is 0 Å². The Bertz CT molecular complexity index is 645. The highest BCUT2D eigenvalue weighted by atomic mass is 35.5. The number of nitrogens with zero attached hydrogens (tertiary/aromatic N) is 1. The highest BCUT2D eigenvalue weighted by Crippen LogP contribution is 2.18. The van der Waals surface area contributed by atoms with Gasteiger partial charge in [0, 0.05) is 17.6 Å². The molecule has 0 aliphatic heterocycles. The number of benzene rings is 1. The van der Waals surface area contributed by atoms with E-state index < -0.39 is 5.76 Å². The predicted molar refractivity (Wildman–Crippen MR) is 73.4 cm³/mol. The lowest BCUT2D eigenvalue weighted by atomic mass is 10.3. The number of rotatable bonds is 5. The van der Waals surface area contributed by atoms with Crippen LogP contribution in [0.2, 0.25) is 5.02 Å². The lowest BCUT2D eigenvalue weighted by Gasteiger charge is -2.04. The highest BCUT2D eigenvalue weighted by molar-refractivity contribution is 6.31. The summed E-state index contributed by atoms with van der Waals surface area (Å²) in [4.78, 5) is 23.4. The first-order valence-corrected chi connectivity index (χ1v) is 6.55. The Hall–Kier alpha value is -1.75. The van der Waals surface area contributed by atoms with E-state index in [4.69, 9.17) is 16.0 Å². The number of fused-ring (bicyclic) bond motifs is 1. The Labute approximate surface area is 115 Å². The van der Waals surface area contributed by atoms with Crippen LogP contribution in [0.4, 0.5) is 0 Å². The van der Waals surface area contributed by atoms with Crippen LogP contribution >= 0.6 is 11.6 Å². The molecular weight excluding hydrogens is 268 g/mol. The molecule has 1 aromatic heterocycles. The minimum Gasteiger partial charge on any atom is -0.408 e. The van der Waals surface area contributed by atoms with E-state index >= 15 is 0 Å². The number of carbonyl (C=O) groups is 1. The quantitative estimate of drug-likeness (QED) is 0.855. The van der Waals surface area contributed by atoms with Gasteiger partial charge in [0.2, 0.25) is 5.91 Å². The number of unbranched alkanes of at least 4 members (excludes halogenated alkanes) is 1. The van der Waals surface area contributed by atoms with Crippen molar-refractivity contribution >= 4 is 28.6 Å². The van der Waals surface area contributed by atoms with E-state index in [9.17, 15) is 9.59 Å². The Morgan fingerprint density at radius 2 is 2.26 bits per heavy atom. The van der Waals surface area contributed by atoms with Gasteiger partial charge >= 0.3 is 5.76 Å². The third-order valence-corrected chi connectivity index (χ3v) is 3.02. The van der Waals surface area contributed by atoms with Gasteiger partial charge in [-0.1, -0.05) is 24.9 Å². The summed E-state index contributed by atoms with van der Waals surface area (Å²) >= 11 is 5.82. The molecular formula is C13H15ClN2O3. The van der Waals surface area contributed by atoms with E-state index in [1.54, 1.807) is 18.2 Å². The molecule has 19 heavy (non-hydrogen) atoms. The molecule has 0 atom stereocenters. The SMILES string of the molecule is CCCCNC(=O)Cn1c(=O)oc2cc(Cl)ccc21. The fourth-order valence-corrected chi connectivity index (χ4v) is 1.96. The van der Waals surface area contributed by atoms with Crippen LogP contribution in [-0.2, 0) is 11.3 Å². The molecule has 1 N–H and O–H groups in total. The third-order valence-electron chi connectivity index (χ3n) is 2.78. The fraction of sp³-hybridized carbons (Fsp3) is 0.385. The van der Waals surface area contributed by atoms with Gasteiger partial charge in [0.15, 0.2) is 5.58 Å². The zero-order valence-corrected chi connectivity index (χ0v) is 11.4. The molecule has 0 saturated carbocycles. The van der Waals surface area contributed by atoms with Crippen molar-refractivity contribution in [3.8, 4) is 0 Å². The van der Waals surface area contributed by atoms with Crippen molar-refractivity contribution in [2.24, 2.45) is 0 Å². The number of carbonyl (C=O) groups excluding carboxylic acids is 1. The van der Waals surface area contributed by atoms with Gasteiger partial charge in [-0.2, -0.15) is 0 Å². The molecule has 2 rings (SSSR count). The minimum absolute atomic E-state index is 0.0445. The fourth-order valence-electron chi connectivity index (χ4n) is 1.79. The van der Waals surface area contributed by atoms with Crippen LogP contribution < -0.4 is 11.1 Å². The first-order valence-electron chi connectivity index (χ1n) is 6.17. The number of nitrogens with one attached hydrogen (secondary N) is 1. The summed E-state index contributed by atoms with van der Waals surface area (Å²) in [5.74, 6) is -0.754. The highest BCUT2D eigenvalue weighted by Gasteiger charge is 2.12. The van der Waals surface area contributed by atoms with Gasteiger partial charge in [0.25, 0.3) is 0 Å². The van der Waals surface area contributed by atoms with Crippen molar-refractivity contribution in [2.45, 2.75) is 26.3 Å². The summed E-state index contributed by atoms with van der Waals surface area (Å²) in [6, 6.07) is 4.88. The normalized spacial score (nSPS) is 10.8. The molecule has 102 valence electrons. The maximum atomic E-state index is 11.7. The standard InChI is InChI=1S/C13H15ClN2O3/c1-2-3-6-15-12(17)8-16-10-5-4-9(14)7-11(10)19-13(16)18/h4-5,7H,2-3,6,8H2,1H3,(H,15,17). The summed E-state index contributed by atoms with van der Waals surface area (Å²) in [6.45, 7) is 2.62. The zero-order chi connectivity index (χ0) is 13.8. The lowest BCUT2D eigenvalue weighted by molar-refractivity contribution is -0.121. The van der Waals surface area contributed by atoms with Crippen LogP contribution in [-0.4, -0.2) is 17.0 Å². The maximum absolute atomic E-state index is 11.7. The Morgan fingerprint density at radius 3 is 3.00 bits per heavy atom. The molecule has 0 bridgehead atoms. The van der Waals surface area contributed by atoms with Gasteiger partial charge in [0.05, 0.1) is 5.52 Å². The van der Waals surface area contributed by atoms with Gasteiger partial charge in [-0.25, -0.2) is 4.79 Å². The second kappa shape index (κ2) is 5.93. The minimum atomic E-state index is -0.553. The van der Waals surface area contributed by atoms with Gasteiger partial charge in [-0.3, -0.25) is 9.36 Å². The van der Waals surface area contributed by atoms with Gasteiger partial charge in [-0.15, -0.1) is 0 Å². The summed E-state index contributed by atoms with van der Waals surface area (Å²) in [5, 5.41) is 3.25.